The number of aromatic nitrogens is 4. The van der Waals surface area contributed by atoms with E-state index in [1.807, 2.05) is 28.8 Å². The van der Waals surface area contributed by atoms with Gasteiger partial charge in [0.25, 0.3) is 0 Å². The zero-order valence-electron chi connectivity index (χ0n) is 12.0. The van der Waals surface area contributed by atoms with Crippen LogP contribution in [0.5, 0.6) is 0 Å². The highest BCUT2D eigenvalue weighted by Gasteiger charge is 2.14. The molecule has 118 valence electrons. The summed E-state index contributed by atoms with van der Waals surface area (Å²) in [5.74, 6) is 2.70. The van der Waals surface area contributed by atoms with Crippen LogP contribution in [0.3, 0.4) is 0 Å². The van der Waals surface area contributed by atoms with E-state index >= 15 is 0 Å². The third kappa shape index (κ3) is 3.55. The van der Waals surface area contributed by atoms with Crippen molar-refractivity contribution in [1.29, 1.82) is 0 Å². The highest BCUT2D eigenvalue weighted by Crippen LogP contribution is 2.26. The molecule has 0 amide bonds. The van der Waals surface area contributed by atoms with E-state index < -0.39 is 0 Å². The Morgan fingerprint density at radius 1 is 1.22 bits per heavy atom. The van der Waals surface area contributed by atoms with Crippen molar-refractivity contribution in [2.45, 2.75) is 12.2 Å². The lowest BCUT2D eigenvalue weighted by molar-refractivity contribution is 0.857. The van der Waals surface area contributed by atoms with Crippen LogP contribution < -0.4 is 0 Å². The molecule has 0 radical (unpaired) electrons. The van der Waals surface area contributed by atoms with E-state index in [9.17, 15) is 0 Å². The molecule has 0 atom stereocenters. The van der Waals surface area contributed by atoms with Crippen LogP contribution in [0.4, 0.5) is 0 Å². The van der Waals surface area contributed by atoms with Crippen LogP contribution in [-0.2, 0) is 12.2 Å². The summed E-state index contributed by atoms with van der Waals surface area (Å²) in [7, 11) is 0. The van der Waals surface area contributed by atoms with Gasteiger partial charge in [0.05, 0.1) is 12.3 Å². The Morgan fingerprint density at radius 3 is 2.87 bits per heavy atom. The van der Waals surface area contributed by atoms with E-state index in [0.29, 0.717) is 0 Å². The van der Waals surface area contributed by atoms with Gasteiger partial charge in [-0.25, -0.2) is 0 Å². The quantitative estimate of drug-likeness (QED) is 0.688. The van der Waals surface area contributed by atoms with Gasteiger partial charge >= 0.3 is 0 Å². The maximum absolute atomic E-state index is 5.92. The third-order valence-corrected chi connectivity index (χ3v) is 6.65. The summed E-state index contributed by atoms with van der Waals surface area (Å²) in [6.07, 6.45) is 0.778. The number of halogens is 1. The van der Waals surface area contributed by atoms with Crippen LogP contribution in [-0.4, -0.2) is 36.5 Å². The number of nitrogens with zero attached hydrogens (tertiary/aromatic N) is 5. The van der Waals surface area contributed by atoms with Gasteiger partial charge in [0.1, 0.15) is 9.38 Å². The second kappa shape index (κ2) is 6.80. The Labute approximate surface area is 150 Å². The van der Waals surface area contributed by atoms with Gasteiger partial charge in [-0.3, -0.25) is 4.99 Å². The van der Waals surface area contributed by atoms with E-state index in [4.69, 9.17) is 11.6 Å². The molecule has 5 nitrogen and oxygen atoms in total. The fraction of sp³-hybridized carbons (Fsp3) is 0.286. The maximum Gasteiger partial charge on any atom is 0.234 e. The Hall–Kier alpha value is -1.09. The first kappa shape index (κ1) is 15.4. The van der Waals surface area contributed by atoms with Crippen molar-refractivity contribution in [3.8, 4) is 0 Å². The molecule has 9 heteroatoms. The summed E-state index contributed by atoms with van der Waals surface area (Å²) in [6.45, 7) is 0.921. The highest BCUT2D eigenvalue weighted by atomic mass is 35.5. The van der Waals surface area contributed by atoms with Crippen LogP contribution in [0, 0.1) is 0 Å². The summed E-state index contributed by atoms with van der Waals surface area (Å²) >= 11 is 11.0. The molecule has 1 aliphatic rings. The predicted octanol–water partition coefficient (Wildman–Crippen LogP) is 3.77. The van der Waals surface area contributed by atoms with Crippen molar-refractivity contribution in [2.75, 3.05) is 12.3 Å². The van der Waals surface area contributed by atoms with Crippen LogP contribution in [0.1, 0.15) is 16.4 Å². The van der Waals surface area contributed by atoms with Crippen LogP contribution in [0.15, 0.2) is 29.3 Å². The van der Waals surface area contributed by atoms with Gasteiger partial charge in [-0.05, 0) is 17.7 Å². The SMILES string of the molecule is Clc1ccc(Cc2nn3c(CSC4=NCCS4)nnc3s2)cc1. The van der Waals surface area contributed by atoms with Crippen molar-refractivity contribution in [2.24, 2.45) is 4.99 Å². The molecule has 0 bridgehead atoms. The van der Waals surface area contributed by atoms with Crippen LogP contribution in [0.25, 0.3) is 4.96 Å². The smallest absolute Gasteiger partial charge is 0.234 e. The Bertz CT molecular complexity index is 855. The molecule has 0 unspecified atom stereocenters. The maximum atomic E-state index is 5.92. The number of thioether (sulfide) groups is 2. The average Bonchev–Trinajstić information content (AvgIpc) is 3.25. The Kier molecular flexibility index (Phi) is 4.57. The third-order valence-electron chi connectivity index (χ3n) is 3.25. The summed E-state index contributed by atoms with van der Waals surface area (Å²) in [4.78, 5) is 5.28. The number of hydrogen-bond acceptors (Lipinski definition) is 7. The molecular formula is C14H12ClN5S3. The summed E-state index contributed by atoms with van der Waals surface area (Å²) < 4.78 is 2.99. The zero-order valence-corrected chi connectivity index (χ0v) is 15.2. The molecule has 0 saturated carbocycles. The number of hydrogen-bond donors (Lipinski definition) is 0. The minimum Gasteiger partial charge on any atom is -0.271 e. The van der Waals surface area contributed by atoms with Crippen molar-refractivity contribution in [1.82, 2.24) is 19.8 Å². The second-order valence-electron chi connectivity index (χ2n) is 4.89. The molecule has 4 rings (SSSR count). The van der Waals surface area contributed by atoms with Gasteiger partial charge in [0.2, 0.25) is 4.96 Å². The highest BCUT2D eigenvalue weighted by molar-refractivity contribution is 8.38. The van der Waals surface area contributed by atoms with Gasteiger partial charge < -0.3 is 0 Å². The fourth-order valence-corrected chi connectivity index (χ4v) is 5.09. The minimum atomic E-state index is 0.747. The molecule has 1 aliphatic heterocycles. The lowest BCUT2D eigenvalue weighted by Gasteiger charge is -1.98. The monoisotopic (exact) mass is 381 g/mol. The van der Waals surface area contributed by atoms with Gasteiger partial charge in [-0.15, -0.1) is 10.2 Å². The molecule has 0 aliphatic carbocycles. The van der Waals surface area contributed by atoms with Gasteiger partial charge in [0, 0.05) is 17.2 Å². The number of benzene rings is 1. The molecule has 0 N–H and O–H groups in total. The molecule has 0 spiro atoms. The standard InChI is InChI=1S/C14H12ClN5S3/c15-10-3-1-9(2-4-10)7-12-19-20-11(17-18-13(20)23-12)8-22-14-16-5-6-21-14/h1-4H,5-8H2. The van der Waals surface area contributed by atoms with Crippen molar-refractivity contribution in [3.05, 3.63) is 45.7 Å². The Morgan fingerprint density at radius 2 is 2.09 bits per heavy atom. The number of fused-ring (bicyclic) bond motifs is 1. The van der Waals surface area contributed by atoms with E-state index in [0.717, 1.165) is 49.7 Å². The molecule has 23 heavy (non-hydrogen) atoms. The number of rotatable bonds is 4. The molecule has 0 saturated heterocycles. The van der Waals surface area contributed by atoms with Gasteiger partial charge in [-0.1, -0.05) is 58.6 Å². The fourth-order valence-electron chi connectivity index (χ4n) is 2.16. The van der Waals surface area contributed by atoms with Crippen molar-refractivity contribution in [3.63, 3.8) is 0 Å². The van der Waals surface area contributed by atoms with E-state index in [1.54, 1.807) is 34.9 Å². The van der Waals surface area contributed by atoms with Crippen molar-refractivity contribution < 1.29 is 0 Å². The first-order chi connectivity index (χ1) is 11.3. The Balaban J connectivity index is 1.50. The summed E-state index contributed by atoms with van der Waals surface area (Å²) in [5, 5.41) is 14.9. The molecule has 3 aromatic rings. The average molecular weight is 382 g/mol. The summed E-state index contributed by atoms with van der Waals surface area (Å²) in [6, 6.07) is 7.85. The first-order valence-corrected chi connectivity index (χ1v) is 10.2. The van der Waals surface area contributed by atoms with E-state index in [-0.39, 0.29) is 0 Å². The molecule has 2 aromatic heterocycles. The lowest BCUT2D eigenvalue weighted by Crippen LogP contribution is -1.97. The second-order valence-corrected chi connectivity index (χ2v) is 8.68. The van der Waals surface area contributed by atoms with E-state index in [2.05, 4.69) is 20.3 Å². The predicted molar refractivity (Wildman–Crippen MR) is 99.0 cm³/mol. The zero-order chi connectivity index (χ0) is 15.6. The molecule has 3 heterocycles. The summed E-state index contributed by atoms with van der Waals surface area (Å²) in [5.41, 5.74) is 1.19. The topological polar surface area (TPSA) is 55.4 Å². The lowest BCUT2D eigenvalue weighted by atomic mass is 10.2. The van der Waals surface area contributed by atoms with Crippen LogP contribution in [0.2, 0.25) is 5.02 Å². The number of aliphatic imine (C=N–C) groups is 1. The van der Waals surface area contributed by atoms with Gasteiger partial charge in [-0.2, -0.15) is 9.61 Å². The normalized spacial score (nSPS) is 14.6. The molecule has 0 fully saturated rings. The molecule has 1 aromatic carbocycles. The van der Waals surface area contributed by atoms with E-state index in [1.165, 1.54) is 5.56 Å². The first-order valence-electron chi connectivity index (χ1n) is 7.02. The van der Waals surface area contributed by atoms with Crippen molar-refractivity contribution >= 4 is 55.8 Å². The minimum absolute atomic E-state index is 0.747. The molecular weight excluding hydrogens is 370 g/mol. The van der Waals surface area contributed by atoms with Gasteiger partial charge in [0.15, 0.2) is 5.82 Å². The van der Waals surface area contributed by atoms with Crippen LogP contribution >= 0.6 is 46.5 Å². The largest absolute Gasteiger partial charge is 0.271 e.